The van der Waals surface area contributed by atoms with Crippen LogP contribution in [0.2, 0.25) is 15.2 Å². The van der Waals surface area contributed by atoms with Crippen LogP contribution in [0.4, 0.5) is 0 Å². The second-order valence-electron chi connectivity index (χ2n) is 4.58. The van der Waals surface area contributed by atoms with E-state index in [1.807, 2.05) is 0 Å². The van der Waals surface area contributed by atoms with Crippen molar-refractivity contribution >= 4 is 44.6 Å². The van der Waals surface area contributed by atoms with Gasteiger partial charge in [0.05, 0.1) is 5.75 Å². The largest absolute Gasteiger partial charge is 0.244 e. The molecule has 116 valence electrons. The van der Waals surface area contributed by atoms with Crippen molar-refractivity contribution in [1.29, 1.82) is 0 Å². The Labute approximate surface area is 144 Å². The Morgan fingerprint density at radius 3 is 2.32 bits per heavy atom. The number of rotatable bonds is 5. The summed E-state index contributed by atoms with van der Waals surface area (Å²) < 4.78 is 25.3. The van der Waals surface area contributed by atoms with Gasteiger partial charge >= 0.3 is 0 Å². The number of halogens is 3. The molecule has 0 spiro atoms. The fourth-order valence-corrected chi connectivity index (χ4v) is 4.52. The summed E-state index contributed by atoms with van der Waals surface area (Å²) in [6, 6.07) is 8.07. The number of aromatic nitrogens is 1. The van der Waals surface area contributed by atoms with Crippen molar-refractivity contribution < 1.29 is 8.42 Å². The molecule has 7 heteroatoms. The third-order valence-electron chi connectivity index (χ3n) is 3.09. The lowest BCUT2D eigenvalue weighted by molar-refractivity contribution is 0.589. The quantitative estimate of drug-likeness (QED) is 0.551. The van der Waals surface area contributed by atoms with Crippen LogP contribution in [-0.4, -0.2) is 13.4 Å². The second kappa shape index (κ2) is 7.01. The summed E-state index contributed by atoms with van der Waals surface area (Å²) in [4.78, 5) is 3.87. The zero-order valence-corrected chi connectivity index (χ0v) is 14.4. The van der Waals surface area contributed by atoms with Gasteiger partial charge in [0.15, 0.2) is 9.84 Å². The number of benzene rings is 1. The third kappa shape index (κ3) is 3.82. The van der Waals surface area contributed by atoms with E-state index < -0.39 is 15.1 Å². The highest BCUT2D eigenvalue weighted by molar-refractivity contribution is 7.91. The van der Waals surface area contributed by atoms with Gasteiger partial charge in [0, 0.05) is 21.8 Å². The summed E-state index contributed by atoms with van der Waals surface area (Å²) in [5, 5.41) is -0.00287. The van der Waals surface area contributed by atoms with Crippen LogP contribution in [-0.2, 0) is 15.6 Å². The first kappa shape index (κ1) is 17.3. The van der Waals surface area contributed by atoms with Gasteiger partial charge in [-0.25, -0.2) is 13.4 Å². The summed E-state index contributed by atoms with van der Waals surface area (Å²) in [6.45, 7) is 3.62. The molecule has 1 atom stereocenters. The maximum atomic E-state index is 12.7. The lowest BCUT2D eigenvalue weighted by atomic mass is 10.1. The molecule has 0 fully saturated rings. The Morgan fingerprint density at radius 1 is 1.14 bits per heavy atom. The van der Waals surface area contributed by atoms with Crippen LogP contribution in [0.1, 0.15) is 16.4 Å². The molecule has 0 aliphatic carbocycles. The van der Waals surface area contributed by atoms with Crippen molar-refractivity contribution in [3.05, 3.63) is 75.5 Å². The van der Waals surface area contributed by atoms with E-state index in [2.05, 4.69) is 11.6 Å². The lowest BCUT2D eigenvalue weighted by Gasteiger charge is -2.15. The van der Waals surface area contributed by atoms with Gasteiger partial charge in [0.2, 0.25) is 0 Å². The van der Waals surface area contributed by atoms with Crippen LogP contribution in [0.15, 0.2) is 49.2 Å². The monoisotopic (exact) mass is 375 g/mol. The molecule has 0 aliphatic heterocycles. The van der Waals surface area contributed by atoms with Crippen molar-refractivity contribution in [3.63, 3.8) is 0 Å². The summed E-state index contributed by atoms with van der Waals surface area (Å²) in [5.74, 6) is -0.322. The molecule has 22 heavy (non-hydrogen) atoms. The van der Waals surface area contributed by atoms with Crippen LogP contribution in [0.3, 0.4) is 0 Å². The van der Waals surface area contributed by atoms with Crippen molar-refractivity contribution in [3.8, 4) is 0 Å². The molecule has 0 radical (unpaired) electrons. The fourth-order valence-electron chi connectivity index (χ4n) is 2.01. The molecular formula is C15H12Cl3NO2S. The Hall–Kier alpha value is -1.07. The Morgan fingerprint density at radius 2 is 1.77 bits per heavy atom. The molecule has 1 aromatic carbocycles. The predicted molar refractivity (Wildman–Crippen MR) is 91.3 cm³/mol. The van der Waals surface area contributed by atoms with E-state index in [4.69, 9.17) is 34.8 Å². The molecule has 0 saturated carbocycles. The fraction of sp³-hybridized carbons (Fsp3) is 0.133. The molecular weight excluding hydrogens is 365 g/mol. The molecule has 0 saturated heterocycles. The zero-order valence-electron chi connectivity index (χ0n) is 11.3. The number of hydrogen-bond donors (Lipinski definition) is 0. The molecule has 1 heterocycles. The molecule has 0 bridgehead atoms. The summed E-state index contributed by atoms with van der Waals surface area (Å²) in [6.07, 6.45) is 2.79. The van der Waals surface area contributed by atoms with Crippen molar-refractivity contribution in [2.24, 2.45) is 0 Å². The Kier molecular flexibility index (Phi) is 5.50. The predicted octanol–water partition coefficient (Wildman–Crippen LogP) is 4.88. The minimum Gasteiger partial charge on any atom is -0.244 e. The lowest BCUT2D eigenvalue weighted by Crippen LogP contribution is -2.14. The topological polar surface area (TPSA) is 47.0 Å². The molecule has 0 aliphatic rings. The van der Waals surface area contributed by atoms with Crippen LogP contribution in [0.5, 0.6) is 0 Å². The Bertz CT molecular complexity index is 769. The van der Waals surface area contributed by atoms with Gasteiger partial charge in [-0.1, -0.05) is 53.0 Å². The summed E-state index contributed by atoms with van der Waals surface area (Å²) in [7, 11) is -3.61. The first-order valence-electron chi connectivity index (χ1n) is 6.23. The Balaban J connectivity index is 2.39. The first-order chi connectivity index (χ1) is 10.3. The standard InChI is InChI=1S/C15H12Cl3NO2S/c1-2-14(10-3-5-11(16)6-4-10)22(20,21)9-12-13(17)7-8-19-15(12)18/h2-8,14H,1,9H2. The van der Waals surface area contributed by atoms with Gasteiger partial charge in [-0.2, -0.15) is 0 Å². The normalized spacial score (nSPS) is 12.9. The van der Waals surface area contributed by atoms with Gasteiger partial charge in [-0.3, -0.25) is 0 Å². The SMILES string of the molecule is C=CC(c1ccc(Cl)cc1)S(=O)(=O)Cc1c(Cl)ccnc1Cl. The smallest absolute Gasteiger partial charge is 0.165 e. The van der Waals surface area contributed by atoms with Crippen molar-refractivity contribution in [2.75, 3.05) is 0 Å². The first-order valence-corrected chi connectivity index (χ1v) is 9.08. The molecule has 1 aromatic heterocycles. The van der Waals surface area contributed by atoms with E-state index in [0.29, 0.717) is 10.6 Å². The maximum absolute atomic E-state index is 12.7. The molecule has 3 nitrogen and oxygen atoms in total. The molecule has 2 rings (SSSR count). The van der Waals surface area contributed by atoms with E-state index in [1.54, 1.807) is 24.3 Å². The number of hydrogen-bond acceptors (Lipinski definition) is 3. The number of pyridine rings is 1. The van der Waals surface area contributed by atoms with Gasteiger partial charge < -0.3 is 0 Å². The van der Waals surface area contributed by atoms with Crippen molar-refractivity contribution in [2.45, 2.75) is 11.0 Å². The van der Waals surface area contributed by atoms with Crippen LogP contribution in [0, 0.1) is 0 Å². The second-order valence-corrected chi connectivity index (χ2v) is 7.90. The molecule has 0 amide bonds. The molecule has 0 N–H and O–H groups in total. The van der Waals surface area contributed by atoms with E-state index in [1.165, 1.54) is 18.3 Å². The van der Waals surface area contributed by atoms with Crippen LogP contribution < -0.4 is 0 Å². The zero-order chi connectivity index (χ0) is 16.3. The van der Waals surface area contributed by atoms with Gasteiger partial charge in [0.25, 0.3) is 0 Å². The van der Waals surface area contributed by atoms with Crippen LogP contribution >= 0.6 is 34.8 Å². The van der Waals surface area contributed by atoms with E-state index in [0.717, 1.165) is 0 Å². The minimum absolute atomic E-state index is 0.0787. The number of sulfone groups is 1. The minimum atomic E-state index is -3.61. The van der Waals surface area contributed by atoms with E-state index in [-0.39, 0.29) is 21.5 Å². The average molecular weight is 377 g/mol. The van der Waals surface area contributed by atoms with E-state index in [9.17, 15) is 8.42 Å². The molecule has 2 aromatic rings. The molecule has 1 unspecified atom stereocenters. The summed E-state index contributed by atoms with van der Waals surface area (Å²) >= 11 is 17.8. The van der Waals surface area contributed by atoms with Gasteiger partial charge in [0.1, 0.15) is 10.4 Å². The highest BCUT2D eigenvalue weighted by Gasteiger charge is 2.27. The summed E-state index contributed by atoms with van der Waals surface area (Å²) in [5.41, 5.74) is 0.863. The maximum Gasteiger partial charge on any atom is 0.165 e. The average Bonchev–Trinajstić information content (AvgIpc) is 2.46. The van der Waals surface area contributed by atoms with Crippen LogP contribution in [0.25, 0.3) is 0 Å². The van der Waals surface area contributed by atoms with Gasteiger partial charge in [-0.15, -0.1) is 6.58 Å². The highest BCUT2D eigenvalue weighted by Crippen LogP contribution is 2.31. The number of nitrogens with zero attached hydrogens (tertiary/aromatic N) is 1. The van der Waals surface area contributed by atoms with Gasteiger partial charge in [-0.05, 0) is 23.8 Å². The highest BCUT2D eigenvalue weighted by atomic mass is 35.5. The van der Waals surface area contributed by atoms with E-state index >= 15 is 0 Å². The third-order valence-corrected chi connectivity index (χ3v) is 5.95. The van der Waals surface area contributed by atoms with Crippen molar-refractivity contribution in [1.82, 2.24) is 4.98 Å².